The molecule has 0 spiro atoms. The summed E-state index contributed by atoms with van der Waals surface area (Å²) in [6, 6.07) is 26.2. The minimum atomic E-state index is -0.638. The molecule has 3 aromatic rings. The summed E-state index contributed by atoms with van der Waals surface area (Å²) in [5.74, 6) is -1.02. The van der Waals surface area contributed by atoms with Gasteiger partial charge in [-0.1, -0.05) is 89.9 Å². The van der Waals surface area contributed by atoms with Crippen LogP contribution in [-0.2, 0) is 0 Å². The monoisotopic (exact) mass is 393 g/mol. The molecule has 3 rings (SSSR count). The molecule has 0 aliphatic carbocycles. The first-order valence-corrected chi connectivity index (χ1v) is 9.34. The summed E-state index contributed by atoms with van der Waals surface area (Å²) in [5, 5.41) is 10.8. The normalized spacial score (nSPS) is 12.8. The van der Waals surface area contributed by atoms with E-state index in [9.17, 15) is 10.1 Å². The third kappa shape index (κ3) is 4.39. The Morgan fingerprint density at radius 2 is 1.41 bits per heavy atom. The van der Waals surface area contributed by atoms with Crippen LogP contribution in [0.1, 0.15) is 39.7 Å². The highest BCUT2D eigenvalue weighted by Crippen LogP contribution is 2.42. The molecule has 0 N–H and O–H groups in total. The van der Waals surface area contributed by atoms with Gasteiger partial charge in [0.1, 0.15) is 0 Å². The molecule has 2 atom stereocenters. The van der Waals surface area contributed by atoms with E-state index in [1.54, 1.807) is 30.3 Å². The third-order valence-electron chi connectivity index (χ3n) is 4.58. The van der Waals surface area contributed by atoms with Crippen molar-refractivity contribution in [2.24, 2.45) is 0 Å². The average molecular weight is 394 g/mol. The number of halogens is 2. The lowest BCUT2D eigenvalue weighted by Gasteiger charge is -2.24. The van der Waals surface area contributed by atoms with Gasteiger partial charge in [-0.3, -0.25) is 4.79 Å². The summed E-state index contributed by atoms with van der Waals surface area (Å²) in [6.07, 6.45) is 0.188. The number of hydrogen-bond acceptors (Lipinski definition) is 2. The second-order valence-electron chi connectivity index (χ2n) is 6.25. The van der Waals surface area contributed by atoms with Gasteiger partial charge in [-0.2, -0.15) is 5.26 Å². The van der Waals surface area contributed by atoms with Crippen LogP contribution in [-0.4, -0.2) is 5.78 Å². The highest BCUT2D eigenvalue weighted by molar-refractivity contribution is 6.36. The molecule has 0 saturated heterocycles. The van der Waals surface area contributed by atoms with Gasteiger partial charge in [0.2, 0.25) is 0 Å². The fourth-order valence-corrected chi connectivity index (χ4v) is 3.87. The lowest BCUT2D eigenvalue weighted by molar-refractivity contribution is 0.0971. The number of Topliss-reactive ketones (excluding diaryl/α,β-unsaturated/α-hetero) is 1. The van der Waals surface area contributed by atoms with E-state index in [1.807, 2.05) is 48.5 Å². The number of nitrogens with zero attached hydrogens (tertiary/aromatic N) is 1. The lowest BCUT2D eigenvalue weighted by atomic mass is 9.78. The number of hydrogen-bond donors (Lipinski definition) is 0. The van der Waals surface area contributed by atoms with Crippen molar-refractivity contribution in [2.45, 2.75) is 18.3 Å². The maximum absolute atomic E-state index is 12.9. The number of rotatable bonds is 6. The zero-order chi connectivity index (χ0) is 19.2. The quantitative estimate of drug-likeness (QED) is 0.439. The molecule has 0 amide bonds. The molecule has 0 fully saturated rings. The van der Waals surface area contributed by atoms with Crippen molar-refractivity contribution in [3.63, 3.8) is 0 Å². The summed E-state index contributed by atoms with van der Waals surface area (Å²) < 4.78 is 0. The first-order chi connectivity index (χ1) is 13.1. The predicted octanol–water partition coefficient (Wildman–Crippen LogP) is 6.66. The first-order valence-electron chi connectivity index (χ1n) is 8.58. The fraction of sp³-hybridized carbons (Fsp3) is 0.130. The van der Waals surface area contributed by atoms with Gasteiger partial charge in [-0.15, -0.1) is 0 Å². The molecule has 0 radical (unpaired) electrons. The van der Waals surface area contributed by atoms with Crippen molar-refractivity contribution in [1.29, 1.82) is 5.26 Å². The minimum absolute atomic E-state index is 0.0205. The van der Waals surface area contributed by atoms with Crippen LogP contribution in [0.5, 0.6) is 0 Å². The maximum atomic E-state index is 12.9. The Bertz CT molecular complexity index is 944. The van der Waals surface area contributed by atoms with Crippen LogP contribution in [0.25, 0.3) is 0 Å². The number of ketones is 1. The summed E-state index contributed by atoms with van der Waals surface area (Å²) in [4.78, 5) is 12.9. The molecule has 0 bridgehead atoms. The van der Waals surface area contributed by atoms with Crippen molar-refractivity contribution >= 4 is 29.0 Å². The van der Waals surface area contributed by atoms with E-state index in [4.69, 9.17) is 23.2 Å². The van der Waals surface area contributed by atoms with Crippen LogP contribution >= 0.6 is 23.2 Å². The molecular weight excluding hydrogens is 377 g/mol. The van der Waals surface area contributed by atoms with E-state index < -0.39 is 5.92 Å². The second-order valence-corrected chi connectivity index (χ2v) is 7.07. The molecule has 4 heteroatoms. The van der Waals surface area contributed by atoms with Gasteiger partial charge >= 0.3 is 0 Å². The van der Waals surface area contributed by atoms with Gasteiger partial charge in [0.15, 0.2) is 5.78 Å². The highest BCUT2D eigenvalue weighted by Gasteiger charge is 2.30. The Kier molecular flexibility index (Phi) is 6.29. The topological polar surface area (TPSA) is 40.9 Å². The molecule has 3 aromatic carbocycles. The van der Waals surface area contributed by atoms with E-state index in [0.717, 1.165) is 5.56 Å². The number of nitriles is 1. The smallest absolute Gasteiger partial charge is 0.163 e. The van der Waals surface area contributed by atoms with Crippen LogP contribution in [0.15, 0.2) is 78.9 Å². The molecule has 134 valence electrons. The summed E-state index contributed by atoms with van der Waals surface area (Å²) >= 11 is 12.7. The number of carbonyl (C=O) groups is 1. The number of carbonyl (C=O) groups excluding carboxylic acids is 1. The molecule has 27 heavy (non-hydrogen) atoms. The van der Waals surface area contributed by atoms with Crippen molar-refractivity contribution in [3.8, 4) is 6.07 Å². The van der Waals surface area contributed by atoms with Gasteiger partial charge in [0, 0.05) is 33.5 Å². The standard InChI is InChI=1S/C23H17Cl2NO/c24-20-12-7-13-21(25)23(20)19(15-26)18(16-8-3-1-4-9-16)14-22(27)17-10-5-2-6-11-17/h1-13,18-19H,14H2/t18-,19-/m1/s1. The van der Waals surface area contributed by atoms with Gasteiger partial charge < -0.3 is 0 Å². The highest BCUT2D eigenvalue weighted by atomic mass is 35.5. The maximum Gasteiger partial charge on any atom is 0.163 e. The van der Waals surface area contributed by atoms with Crippen LogP contribution in [0.4, 0.5) is 0 Å². The summed E-state index contributed by atoms with van der Waals surface area (Å²) in [6.45, 7) is 0. The van der Waals surface area contributed by atoms with Crippen LogP contribution in [0, 0.1) is 11.3 Å². The summed E-state index contributed by atoms with van der Waals surface area (Å²) in [5.41, 5.74) is 2.10. The number of benzene rings is 3. The Balaban J connectivity index is 2.04. The lowest BCUT2D eigenvalue weighted by Crippen LogP contribution is -2.16. The molecule has 0 unspecified atom stereocenters. The largest absolute Gasteiger partial charge is 0.294 e. The molecule has 0 saturated carbocycles. The fourth-order valence-electron chi connectivity index (χ4n) is 3.23. The van der Waals surface area contributed by atoms with Crippen molar-refractivity contribution in [2.75, 3.05) is 0 Å². The molecule has 0 aliphatic heterocycles. The van der Waals surface area contributed by atoms with E-state index in [1.165, 1.54) is 0 Å². The average Bonchev–Trinajstić information content (AvgIpc) is 2.70. The zero-order valence-corrected chi connectivity index (χ0v) is 16.0. The van der Waals surface area contributed by atoms with E-state index >= 15 is 0 Å². The van der Waals surface area contributed by atoms with E-state index in [0.29, 0.717) is 21.2 Å². The molecule has 0 aromatic heterocycles. The van der Waals surface area contributed by atoms with Crippen LogP contribution < -0.4 is 0 Å². The summed E-state index contributed by atoms with van der Waals surface area (Å²) in [7, 11) is 0. The van der Waals surface area contributed by atoms with Crippen molar-refractivity contribution in [1.82, 2.24) is 0 Å². The molecule has 0 aliphatic rings. The van der Waals surface area contributed by atoms with Crippen molar-refractivity contribution in [3.05, 3.63) is 106 Å². The minimum Gasteiger partial charge on any atom is -0.294 e. The Morgan fingerprint density at radius 1 is 0.852 bits per heavy atom. The van der Waals surface area contributed by atoms with Gasteiger partial charge in [0.05, 0.1) is 12.0 Å². The molecule has 2 nitrogen and oxygen atoms in total. The third-order valence-corrected chi connectivity index (χ3v) is 5.24. The SMILES string of the molecule is N#C[C@@H](c1c(Cl)cccc1Cl)[C@H](CC(=O)c1ccccc1)c1ccccc1. The second kappa shape index (κ2) is 8.86. The zero-order valence-electron chi connectivity index (χ0n) is 14.5. The predicted molar refractivity (Wildman–Crippen MR) is 109 cm³/mol. The Hall–Kier alpha value is -2.60. The van der Waals surface area contributed by atoms with E-state index in [2.05, 4.69) is 6.07 Å². The van der Waals surface area contributed by atoms with Crippen LogP contribution in [0.3, 0.4) is 0 Å². The van der Waals surface area contributed by atoms with Crippen molar-refractivity contribution < 1.29 is 4.79 Å². The first kappa shape index (κ1) is 19.2. The van der Waals surface area contributed by atoms with Gasteiger partial charge in [0.25, 0.3) is 0 Å². The Morgan fingerprint density at radius 3 is 1.96 bits per heavy atom. The molecule has 0 heterocycles. The van der Waals surface area contributed by atoms with Crippen LogP contribution in [0.2, 0.25) is 10.0 Å². The van der Waals surface area contributed by atoms with Gasteiger partial charge in [-0.25, -0.2) is 0 Å². The van der Waals surface area contributed by atoms with Gasteiger partial charge in [-0.05, 0) is 17.7 Å². The molecular formula is C23H17Cl2NO. The van der Waals surface area contributed by atoms with E-state index in [-0.39, 0.29) is 18.1 Å². The Labute approximate surface area is 169 Å².